The van der Waals surface area contributed by atoms with Gasteiger partial charge >= 0.3 is 5.97 Å². The molecular formula is C21H27N3O4. The minimum Gasteiger partial charge on any atom is -0.480 e. The van der Waals surface area contributed by atoms with E-state index in [4.69, 9.17) is 14.6 Å². The Morgan fingerprint density at radius 1 is 1.43 bits per heavy atom. The molecule has 7 nitrogen and oxygen atoms in total. The number of rotatable bonds is 8. The second-order valence-corrected chi connectivity index (χ2v) is 7.21. The molecule has 1 aliphatic heterocycles. The number of hydrogen-bond donors (Lipinski definition) is 1. The lowest BCUT2D eigenvalue weighted by atomic mass is 10.1. The van der Waals surface area contributed by atoms with Gasteiger partial charge < -0.3 is 14.6 Å². The topological polar surface area (TPSA) is 75.1 Å². The van der Waals surface area contributed by atoms with Crippen molar-refractivity contribution < 1.29 is 19.4 Å². The number of carboxylic acids is 1. The summed E-state index contributed by atoms with van der Waals surface area (Å²) in [5, 5.41) is 8.90. The summed E-state index contributed by atoms with van der Waals surface area (Å²) in [5.74, 6) is 0.728. The van der Waals surface area contributed by atoms with Gasteiger partial charge in [0.25, 0.3) is 0 Å². The van der Waals surface area contributed by atoms with Crippen LogP contribution in [0.1, 0.15) is 11.1 Å². The van der Waals surface area contributed by atoms with Crippen LogP contribution in [0.5, 0.6) is 11.5 Å². The van der Waals surface area contributed by atoms with Crippen LogP contribution < -0.4 is 4.74 Å². The number of nitrogens with zero attached hydrogens (tertiary/aromatic N) is 3. The molecule has 1 fully saturated rings. The molecule has 0 aliphatic carbocycles. The SMILES string of the molecule is Cc1cc(CN2CCOC(CN(C)CC(=O)O)C2)ccc1Oc1cccnc1. The van der Waals surface area contributed by atoms with Crippen LogP contribution in [-0.2, 0) is 16.1 Å². The molecular weight excluding hydrogens is 358 g/mol. The zero-order valence-electron chi connectivity index (χ0n) is 16.4. The number of aliphatic carboxylic acids is 1. The molecule has 1 aromatic heterocycles. The van der Waals surface area contributed by atoms with Gasteiger partial charge in [-0.25, -0.2) is 0 Å². The normalized spacial score (nSPS) is 17.6. The predicted molar refractivity (Wildman–Crippen MR) is 106 cm³/mol. The van der Waals surface area contributed by atoms with E-state index in [0.29, 0.717) is 13.2 Å². The van der Waals surface area contributed by atoms with Crippen molar-refractivity contribution in [2.45, 2.75) is 19.6 Å². The Balaban J connectivity index is 1.56. The highest BCUT2D eigenvalue weighted by Crippen LogP contribution is 2.25. The molecule has 3 rings (SSSR count). The number of ether oxygens (including phenoxy) is 2. The smallest absolute Gasteiger partial charge is 0.317 e. The molecule has 0 amide bonds. The highest BCUT2D eigenvalue weighted by molar-refractivity contribution is 5.69. The van der Waals surface area contributed by atoms with E-state index in [0.717, 1.165) is 36.7 Å². The number of aryl methyl sites for hydroxylation is 1. The summed E-state index contributed by atoms with van der Waals surface area (Å²) in [7, 11) is 1.81. The van der Waals surface area contributed by atoms with Crippen molar-refractivity contribution in [3.63, 3.8) is 0 Å². The average Bonchev–Trinajstić information content (AvgIpc) is 2.64. The molecule has 0 radical (unpaired) electrons. The van der Waals surface area contributed by atoms with Gasteiger partial charge in [-0.05, 0) is 43.3 Å². The lowest BCUT2D eigenvalue weighted by Crippen LogP contribution is -2.47. The van der Waals surface area contributed by atoms with Gasteiger partial charge in [-0.1, -0.05) is 12.1 Å². The fourth-order valence-electron chi connectivity index (χ4n) is 3.39. The van der Waals surface area contributed by atoms with Gasteiger partial charge in [0, 0.05) is 32.4 Å². The first kappa shape index (κ1) is 20.3. The van der Waals surface area contributed by atoms with Crippen LogP contribution in [0.15, 0.2) is 42.7 Å². The van der Waals surface area contributed by atoms with Crippen LogP contribution >= 0.6 is 0 Å². The zero-order chi connectivity index (χ0) is 19.9. The Kier molecular flexibility index (Phi) is 6.97. The van der Waals surface area contributed by atoms with Crippen molar-refractivity contribution in [1.82, 2.24) is 14.8 Å². The standard InChI is InChI=1S/C21H27N3O4/c1-16-10-17(5-6-20(16)28-18-4-3-7-22-11-18)12-24-8-9-27-19(14-24)13-23(2)15-21(25)26/h3-7,10-11,19H,8-9,12-15H2,1-2H3,(H,25,26). The maximum atomic E-state index is 10.8. The van der Waals surface area contributed by atoms with E-state index in [2.05, 4.69) is 22.0 Å². The molecule has 28 heavy (non-hydrogen) atoms. The first-order valence-corrected chi connectivity index (χ1v) is 9.41. The number of carbonyl (C=O) groups is 1. The van der Waals surface area contributed by atoms with Crippen molar-refractivity contribution in [3.05, 3.63) is 53.9 Å². The molecule has 0 saturated carbocycles. The summed E-state index contributed by atoms with van der Waals surface area (Å²) >= 11 is 0. The highest BCUT2D eigenvalue weighted by Gasteiger charge is 2.22. The third kappa shape index (κ3) is 6.02. The lowest BCUT2D eigenvalue weighted by Gasteiger charge is -2.34. The maximum Gasteiger partial charge on any atom is 0.317 e. The summed E-state index contributed by atoms with van der Waals surface area (Å²) in [6.07, 6.45) is 3.44. The maximum absolute atomic E-state index is 10.8. The summed E-state index contributed by atoms with van der Waals surface area (Å²) in [6.45, 7) is 5.82. The molecule has 1 unspecified atom stereocenters. The summed E-state index contributed by atoms with van der Waals surface area (Å²) in [5.41, 5.74) is 2.29. The predicted octanol–water partition coefficient (Wildman–Crippen LogP) is 2.40. The molecule has 2 aromatic rings. The van der Waals surface area contributed by atoms with Crippen molar-refractivity contribution in [2.24, 2.45) is 0 Å². The first-order valence-electron chi connectivity index (χ1n) is 9.41. The van der Waals surface area contributed by atoms with E-state index in [1.807, 2.05) is 25.1 Å². The summed E-state index contributed by atoms with van der Waals surface area (Å²) in [6, 6.07) is 9.96. The molecule has 1 aliphatic rings. The quantitative estimate of drug-likeness (QED) is 0.748. The van der Waals surface area contributed by atoms with Gasteiger partial charge in [0.1, 0.15) is 11.5 Å². The lowest BCUT2D eigenvalue weighted by molar-refractivity contribution is -0.138. The largest absolute Gasteiger partial charge is 0.480 e. The van der Waals surface area contributed by atoms with Crippen molar-refractivity contribution in [2.75, 3.05) is 39.8 Å². The van der Waals surface area contributed by atoms with Crippen LogP contribution in [0.4, 0.5) is 0 Å². The van der Waals surface area contributed by atoms with Crippen molar-refractivity contribution in [3.8, 4) is 11.5 Å². The van der Waals surface area contributed by atoms with Crippen molar-refractivity contribution >= 4 is 5.97 Å². The fraction of sp³-hybridized carbons (Fsp3) is 0.429. The van der Waals surface area contributed by atoms with Gasteiger partial charge in [-0.2, -0.15) is 0 Å². The van der Waals surface area contributed by atoms with Crippen LogP contribution in [0, 0.1) is 6.92 Å². The first-order chi connectivity index (χ1) is 13.5. The molecule has 0 bridgehead atoms. The number of benzene rings is 1. The van der Waals surface area contributed by atoms with Gasteiger partial charge in [-0.15, -0.1) is 0 Å². The van der Waals surface area contributed by atoms with Gasteiger partial charge in [-0.3, -0.25) is 19.6 Å². The van der Waals surface area contributed by atoms with E-state index in [1.165, 1.54) is 5.56 Å². The van der Waals surface area contributed by atoms with E-state index in [9.17, 15) is 4.79 Å². The third-order valence-electron chi connectivity index (χ3n) is 4.65. The Bertz CT molecular complexity index is 784. The fourth-order valence-corrected chi connectivity index (χ4v) is 3.39. The van der Waals surface area contributed by atoms with Gasteiger partial charge in [0.2, 0.25) is 0 Å². The number of pyridine rings is 1. The highest BCUT2D eigenvalue weighted by atomic mass is 16.5. The Labute approximate surface area is 165 Å². The molecule has 1 saturated heterocycles. The number of hydrogen-bond acceptors (Lipinski definition) is 6. The molecule has 1 aromatic carbocycles. The van der Waals surface area contributed by atoms with E-state index in [-0.39, 0.29) is 12.6 Å². The number of aromatic nitrogens is 1. The van der Waals surface area contributed by atoms with Crippen LogP contribution in [0.25, 0.3) is 0 Å². The van der Waals surface area contributed by atoms with E-state index >= 15 is 0 Å². The van der Waals surface area contributed by atoms with Gasteiger partial charge in [0.15, 0.2) is 0 Å². The molecule has 150 valence electrons. The second kappa shape index (κ2) is 9.64. The molecule has 1 atom stereocenters. The van der Waals surface area contributed by atoms with Crippen LogP contribution in [0.3, 0.4) is 0 Å². The Morgan fingerprint density at radius 2 is 2.29 bits per heavy atom. The molecule has 7 heteroatoms. The number of likely N-dealkylation sites (N-methyl/N-ethyl adjacent to an activating group) is 1. The van der Waals surface area contributed by atoms with E-state index in [1.54, 1.807) is 24.3 Å². The molecule has 2 heterocycles. The monoisotopic (exact) mass is 385 g/mol. The minimum absolute atomic E-state index is 0.0207. The minimum atomic E-state index is -0.820. The zero-order valence-corrected chi connectivity index (χ0v) is 16.4. The molecule has 1 N–H and O–H groups in total. The number of carboxylic acid groups (broad SMARTS) is 1. The molecule has 0 spiro atoms. The van der Waals surface area contributed by atoms with Gasteiger partial charge in [0.05, 0.1) is 25.5 Å². The second-order valence-electron chi connectivity index (χ2n) is 7.21. The Hall–Kier alpha value is -2.48. The third-order valence-corrected chi connectivity index (χ3v) is 4.65. The Morgan fingerprint density at radius 3 is 3.00 bits per heavy atom. The average molecular weight is 385 g/mol. The summed E-state index contributed by atoms with van der Waals surface area (Å²) in [4.78, 5) is 19.0. The van der Waals surface area contributed by atoms with Crippen LogP contribution in [0.2, 0.25) is 0 Å². The van der Waals surface area contributed by atoms with Crippen molar-refractivity contribution in [1.29, 1.82) is 0 Å². The number of morpholine rings is 1. The van der Waals surface area contributed by atoms with E-state index < -0.39 is 5.97 Å². The van der Waals surface area contributed by atoms with Crippen LogP contribution in [-0.4, -0.2) is 71.8 Å². The summed E-state index contributed by atoms with van der Waals surface area (Å²) < 4.78 is 11.7.